The standard InChI is InChI=1S/C20H19ClN2O2S2/c1-10-7-11(2)17(12(3)8-10)23-20(26)22-13-5-6-14-15(9-13)27-18(16(14)21)19(24)25-4/h5-9H,1-4H3,(H2,22,23,26). The fourth-order valence-corrected chi connectivity index (χ4v) is 4.71. The zero-order valence-corrected chi connectivity index (χ0v) is 17.8. The van der Waals surface area contributed by atoms with Crippen molar-refractivity contribution < 1.29 is 9.53 Å². The third-order valence-corrected chi connectivity index (χ3v) is 6.02. The van der Waals surface area contributed by atoms with Crippen molar-refractivity contribution in [3.63, 3.8) is 0 Å². The van der Waals surface area contributed by atoms with Crippen LogP contribution in [0.5, 0.6) is 0 Å². The summed E-state index contributed by atoms with van der Waals surface area (Å²) in [6, 6.07) is 9.90. The molecule has 1 heterocycles. The number of methoxy groups -OCH3 is 1. The van der Waals surface area contributed by atoms with E-state index in [9.17, 15) is 4.79 Å². The predicted molar refractivity (Wildman–Crippen MR) is 119 cm³/mol. The van der Waals surface area contributed by atoms with E-state index in [2.05, 4.69) is 43.5 Å². The van der Waals surface area contributed by atoms with Crippen LogP contribution in [0.25, 0.3) is 10.1 Å². The van der Waals surface area contributed by atoms with E-state index in [1.54, 1.807) is 0 Å². The summed E-state index contributed by atoms with van der Waals surface area (Å²) >= 11 is 13.1. The molecule has 0 unspecified atom stereocenters. The van der Waals surface area contributed by atoms with Gasteiger partial charge in [0, 0.05) is 21.5 Å². The Balaban J connectivity index is 1.82. The first-order chi connectivity index (χ1) is 12.8. The van der Waals surface area contributed by atoms with E-state index in [0.717, 1.165) is 32.6 Å². The number of halogens is 1. The number of benzene rings is 2. The molecule has 2 aromatic carbocycles. The van der Waals surface area contributed by atoms with Crippen LogP contribution in [-0.2, 0) is 4.74 Å². The summed E-state index contributed by atoms with van der Waals surface area (Å²) in [4.78, 5) is 12.2. The number of hydrogen-bond donors (Lipinski definition) is 2. The summed E-state index contributed by atoms with van der Waals surface area (Å²) < 4.78 is 5.66. The van der Waals surface area contributed by atoms with Crippen molar-refractivity contribution in [3.05, 3.63) is 56.9 Å². The van der Waals surface area contributed by atoms with Gasteiger partial charge in [-0.15, -0.1) is 11.3 Å². The Kier molecular flexibility index (Phi) is 5.69. The molecule has 0 saturated carbocycles. The van der Waals surface area contributed by atoms with Gasteiger partial charge in [0.2, 0.25) is 0 Å². The molecule has 140 valence electrons. The highest BCUT2D eigenvalue weighted by Gasteiger charge is 2.18. The molecule has 7 heteroatoms. The van der Waals surface area contributed by atoms with E-state index in [1.165, 1.54) is 24.0 Å². The van der Waals surface area contributed by atoms with Gasteiger partial charge in [-0.1, -0.05) is 29.3 Å². The second kappa shape index (κ2) is 7.84. The highest BCUT2D eigenvalue weighted by Crippen LogP contribution is 2.37. The number of carbonyl (C=O) groups excluding carboxylic acids is 1. The number of fused-ring (bicyclic) bond motifs is 1. The number of thiophene rings is 1. The van der Waals surface area contributed by atoms with Crippen LogP contribution in [0.2, 0.25) is 5.02 Å². The summed E-state index contributed by atoms with van der Waals surface area (Å²) in [5.41, 5.74) is 5.32. The molecule has 0 spiro atoms. The molecule has 0 aliphatic rings. The van der Waals surface area contributed by atoms with Gasteiger partial charge >= 0.3 is 5.97 Å². The molecule has 0 atom stereocenters. The number of carbonyl (C=O) groups is 1. The topological polar surface area (TPSA) is 50.4 Å². The number of rotatable bonds is 3. The van der Waals surface area contributed by atoms with E-state index in [1.807, 2.05) is 18.2 Å². The van der Waals surface area contributed by atoms with Crippen molar-refractivity contribution in [1.82, 2.24) is 0 Å². The van der Waals surface area contributed by atoms with E-state index < -0.39 is 5.97 Å². The second-order valence-corrected chi connectivity index (χ2v) is 8.14. The zero-order valence-electron chi connectivity index (χ0n) is 15.4. The predicted octanol–water partition coefficient (Wildman–Crippen LogP) is 6.08. The van der Waals surface area contributed by atoms with Crippen molar-refractivity contribution in [2.45, 2.75) is 20.8 Å². The van der Waals surface area contributed by atoms with Crippen LogP contribution in [0, 0.1) is 20.8 Å². The van der Waals surface area contributed by atoms with E-state index in [-0.39, 0.29) is 0 Å². The molecule has 0 bridgehead atoms. The molecule has 3 rings (SSSR count). The zero-order chi connectivity index (χ0) is 19.7. The largest absolute Gasteiger partial charge is 0.465 e. The summed E-state index contributed by atoms with van der Waals surface area (Å²) in [7, 11) is 1.34. The quantitative estimate of drug-likeness (QED) is 0.399. The van der Waals surface area contributed by atoms with Gasteiger partial charge < -0.3 is 15.4 Å². The lowest BCUT2D eigenvalue weighted by Crippen LogP contribution is -2.20. The van der Waals surface area contributed by atoms with Crippen LogP contribution in [0.4, 0.5) is 11.4 Å². The minimum atomic E-state index is -0.432. The lowest BCUT2D eigenvalue weighted by atomic mass is 10.1. The molecular weight excluding hydrogens is 400 g/mol. The number of ether oxygens (including phenoxy) is 1. The molecule has 1 aromatic heterocycles. The van der Waals surface area contributed by atoms with E-state index in [0.29, 0.717) is 15.0 Å². The molecule has 0 aliphatic heterocycles. The number of thiocarbonyl (C=S) groups is 1. The van der Waals surface area contributed by atoms with E-state index >= 15 is 0 Å². The number of aryl methyl sites for hydroxylation is 3. The van der Waals surface area contributed by atoms with Crippen LogP contribution >= 0.6 is 35.2 Å². The maximum atomic E-state index is 11.8. The fourth-order valence-electron chi connectivity index (χ4n) is 3.02. The van der Waals surface area contributed by atoms with Crippen molar-refractivity contribution >= 4 is 67.7 Å². The normalized spacial score (nSPS) is 10.7. The lowest BCUT2D eigenvalue weighted by Gasteiger charge is -2.15. The Labute approximate surface area is 172 Å². The molecule has 2 N–H and O–H groups in total. The van der Waals surface area contributed by atoms with Crippen molar-refractivity contribution in [2.24, 2.45) is 0 Å². The van der Waals surface area contributed by atoms with Crippen LogP contribution in [0.1, 0.15) is 26.4 Å². The van der Waals surface area contributed by atoms with Gasteiger partial charge in [0.05, 0.1) is 12.1 Å². The van der Waals surface area contributed by atoms with Crippen LogP contribution in [0.3, 0.4) is 0 Å². The van der Waals surface area contributed by atoms with E-state index in [4.69, 9.17) is 28.6 Å². The van der Waals surface area contributed by atoms with Gasteiger partial charge in [-0.25, -0.2) is 4.79 Å². The Morgan fingerprint density at radius 2 is 1.78 bits per heavy atom. The average Bonchev–Trinajstić information content (AvgIpc) is 2.93. The van der Waals surface area contributed by atoms with Gasteiger partial charge in [0.1, 0.15) is 4.88 Å². The number of anilines is 2. The minimum Gasteiger partial charge on any atom is -0.465 e. The van der Waals surface area contributed by atoms with Gasteiger partial charge in [-0.05, 0) is 62.3 Å². The minimum absolute atomic E-state index is 0.401. The van der Waals surface area contributed by atoms with Gasteiger partial charge in [-0.2, -0.15) is 0 Å². The molecule has 4 nitrogen and oxygen atoms in total. The molecular formula is C20H19ClN2O2S2. The first-order valence-electron chi connectivity index (χ1n) is 8.26. The average molecular weight is 419 g/mol. The van der Waals surface area contributed by atoms with Crippen LogP contribution in [0.15, 0.2) is 30.3 Å². The number of esters is 1. The first kappa shape index (κ1) is 19.6. The maximum absolute atomic E-state index is 11.8. The molecule has 27 heavy (non-hydrogen) atoms. The smallest absolute Gasteiger partial charge is 0.349 e. The van der Waals surface area contributed by atoms with Gasteiger partial charge in [-0.3, -0.25) is 0 Å². The Bertz CT molecular complexity index is 1040. The fraction of sp³-hybridized carbons (Fsp3) is 0.200. The third-order valence-electron chi connectivity index (χ3n) is 4.17. The monoisotopic (exact) mass is 418 g/mol. The number of nitrogens with one attached hydrogen (secondary N) is 2. The third kappa shape index (κ3) is 4.08. The van der Waals surface area contributed by atoms with Crippen LogP contribution in [-0.4, -0.2) is 18.2 Å². The maximum Gasteiger partial charge on any atom is 0.349 e. The van der Waals surface area contributed by atoms with Gasteiger partial charge in [0.15, 0.2) is 5.11 Å². The molecule has 0 aliphatic carbocycles. The summed E-state index contributed by atoms with van der Waals surface area (Å²) in [6.07, 6.45) is 0. The Morgan fingerprint density at radius 1 is 1.11 bits per heavy atom. The summed E-state index contributed by atoms with van der Waals surface area (Å²) in [5, 5.41) is 8.19. The Morgan fingerprint density at radius 3 is 2.41 bits per heavy atom. The summed E-state index contributed by atoms with van der Waals surface area (Å²) in [6.45, 7) is 6.18. The molecule has 0 saturated heterocycles. The van der Waals surface area contributed by atoms with Gasteiger partial charge in [0.25, 0.3) is 0 Å². The first-order valence-corrected chi connectivity index (χ1v) is 9.86. The van der Waals surface area contributed by atoms with Crippen molar-refractivity contribution in [2.75, 3.05) is 17.7 Å². The molecule has 3 aromatic rings. The van der Waals surface area contributed by atoms with Crippen molar-refractivity contribution in [3.8, 4) is 0 Å². The highest BCUT2D eigenvalue weighted by atomic mass is 35.5. The highest BCUT2D eigenvalue weighted by molar-refractivity contribution is 7.80. The second-order valence-electron chi connectivity index (χ2n) is 6.30. The summed E-state index contributed by atoms with van der Waals surface area (Å²) in [5.74, 6) is -0.432. The SMILES string of the molecule is COC(=O)c1sc2cc(NC(=S)Nc3c(C)cc(C)cc3C)ccc2c1Cl. The molecule has 0 amide bonds. The molecule has 0 radical (unpaired) electrons. The van der Waals surface area contributed by atoms with Crippen LogP contribution < -0.4 is 10.6 Å². The lowest BCUT2D eigenvalue weighted by molar-refractivity contribution is 0.0606. The molecule has 0 fully saturated rings. The number of hydrogen-bond acceptors (Lipinski definition) is 4. The van der Waals surface area contributed by atoms with Crippen molar-refractivity contribution in [1.29, 1.82) is 0 Å². The Hall–Kier alpha value is -2.15.